The molecule has 0 radical (unpaired) electrons. The second-order valence-electron chi connectivity index (χ2n) is 6.05. The van der Waals surface area contributed by atoms with Crippen molar-refractivity contribution in [2.75, 3.05) is 13.7 Å². The number of ether oxygens (including phenoxy) is 1. The first-order chi connectivity index (χ1) is 10.8. The minimum atomic E-state index is 0.147. The number of hydrogen-bond acceptors (Lipinski definition) is 4. The van der Waals surface area contributed by atoms with Crippen molar-refractivity contribution in [1.29, 1.82) is 0 Å². The van der Waals surface area contributed by atoms with Gasteiger partial charge < -0.3 is 9.30 Å². The number of imidazole rings is 1. The van der Waals surface area contributed by atoms with Crippen LogP contribution in [0.2, 0.25) is 0 Å². The number of nitrogens with zero attached hydrogens (tertiary/aromatic N) is 5. The Morgan fingerprint density at radius 3 is 2.82 bits per heavy atom. The summed E-state index contributed by atoms with van der Waals surface area (Å²) in [6.07, 6.45) is 12.7. The van der Waals surface area contributed by atoms with Gasteiger partial charge in [-0.25, -0.2) is 14.6 Å². The van der Waals surface area contributed by atoms with Crippen molar-refractivity contribution in [2.45, 2.75) is 57.5 Å². The van der Waals surface area contributed by atoms with E-state index in [9.17, 15) is 0 Å². The fourth-order valence-corrected chi connectivity index (χ4v) is 3.19. The van der Waals surface area contributed by atoms with Gasteiger partial charge in [0.1, 0.15) is 5.82 Å². The van der Waals surface area contributed by atoms with Crippen LogP contribution in [0.15, 0.2) is 18.7 Å². The van der Waals surface area contributed by atoms with Gasteiger partial charge in [-0.2, -0.15) is 5.10 Å². The van der Waals surface area contributed by atoms with Crippen LogP contribution >= 0.6 is 0 Å². The Hall–Kier alpha value is -1.69. The Labute approximate surface area is 131 Å². The molecule has 0 aliphatic heterocycles. The van der Waals surface area contributed by atoms with E-state index >= 15 is 0 Å². The first-order valence-corrected chi connectivity index (χ1v) is 8.21. The third-order valence-corrected chi connectivity index (χ3v) is 4.50. The van der Waals surface area contributed by atoms with E-state index in [0.29, 0.717) is 12.6 Å². The van der Waals surface area contributed by atoms with Crippen LogP contribution in [0.1, 0.15) is 62.8 Å². The summed E-state index contributed by atoms with van der Waals surface area (Å²) < 4.78 is 9.43. The number of aromatic nitrogens is 5. The van der Waals surface area contributed by atoms with Crippen molar-refractivity contribution in [3.63, 3.8) is 0 Å². The second-order valence-corrected chi connectivity index (χ2v) is 6.05. The highest BCUT2D eigenvalue weighted by Gasteiger charge is 2.24. The van der Waals surface area contributed by atoms with Crippen LogP contribution in [0, 0.1) is 0 Å². The molecule has 0 N–H and O–H groups in total. The van der Waals surface area contributed by atoms with Gasteiger partial charge >= 0.3 is 0 Å². The molecule has 3 rings (SSSR count). The zero-order valence-corrected chi connectivity index (χ0v) is 13.5. The molecule has 0 unspecified atom stereocenters. The van der Waals surface area contributed by atoms with E-state index in [2.05, 4.69) is 21.2 Å². The van der Waals surface area contributed by atoms with Crippen molar-refractivity contribution in [1.82, 2.24) is 24.3 Å². The smallest absolute Gasteiger partial charge is 0.153 e. The highest BCUT2D eigenvalue weighted by atomic mass is 16.5. The minimum absolute atomic E-state index is 0.147. The van der Waals surface area contributed by atoms with E-state index in [0.717, 1.165) is 18.1 Å². The van der Waals surface area contributed by atoms with E-state index in [1.54, 1.807) is 7.11 Å². The molecule has 6 nitrogen and oxygen atoms in total. The fourth-order valence-electron chi connectivity index (χ4n) is 3.19. The van der Waals surface area contributed by atoms with Gasteiger partial charge in [-0.05, 0) is 19.8 Å². The molecule has 1 atom stereocenters. The molecule has 0 bridgehead atoms. The van der Waals surface area contributed by atoms with E-state index < -0.39 is 0 Å². The molecule has 6 heteroatoms. The zero-order chi connectivity index (χ0) is 15.4. The van der Waals surface area contributed by atoms with Crippen LogP contribution in [0.4, 0.5) is 0 Å². The highest BCUT2D eigenvalue weighted by Crippen LogP contribution is 2.30. The third-order valence-electron chi connectivity index (χ3n) is 4.50. The Kier molecular flexibility index (Phi) is 4.87. The molecular formula is C16H25N5O. The molecule has 0 amide bonds. The lowest BCUT2D eigenvalue weighted by molar-refractivity contribution is 0.200. The largest absolute Gasteiger partial charge is 0.384 e. The molecule has 0 spiro atoms. The van der Waals surface area contributed by atoms with Crippen molar-refractivity contribution in [2.24, 2.45) is 0 Å². The summed E-state index contributed by atoms with van der Waals surface area (Å²) in [6.45, 7) is 2.82. The summed E-state index contributed by atoms with van der Waals surface area (Å²) in [5, 5.41) is 4.79. The maximum absolute atomic E-state index is 5.17. The van der Waals surface area contributed by atoms with Crippen LogP contribution < -0.4 is 0 Å². The average Bonchev–Trinajstić information content (AvgIpc) is 3.23. The lowest BCUT2D eigenvalue weighted by Gasteiger charge is -2.25. The van der Waals surface area contributed by atoms with E-state index in [1.807, 2.05) is 18.7 Å². The Morgan fingerprint density at radius 2 is 2.14 bits per heavy atom. The minimum Gasteiger partial charge on any atom is -0.384 e. The fraction of sp³-hybridized carbons (Fsp3) is 0.688. The average molecular weight is 303 g/mol. The molecule has 120 valence electrons. The number of methoxy groups -OCH3 is 1. The summed E-state index contributed by atoms with van der Waals surface area (Å²) in [7, 11) is 1.72. The summed E-state index contributed by atoms with van der Waals surface area (Å²) in [5.74, 6) is 1.92. The SMILES string of the molecule is COCCc1nc([C@@H](C)n2ccnc2)n(C2CCCCC2)n1. The van der Waals surface area contributed by atoms with Gasteiger partial charge in [0.05, 0.1) is 25.0 Å². The standard InChI is InChI=1S/C16H25N5O/c1-13(20-10-9-17-12-20)16-18-15(8-11-22-2)19-21(16)14-6-4-3-5-7-14/h9-10,12-14H,3-8,11H2,1-2H3/t13-/m1/s1. The molecule has 2 heterocycles. The van der Waals surface area contributed by atoms with Gasteiger partial charge in [0.25, 0.3) is 0 Å². The summed E-state index contributed by atoms with van der Waals surface area (Å²) in [6, 6.07) is 0.631. The number of hydrogen-bond donors (Lipinski definition) is 0. The van der Waals surface area contributed by atoms with Crippen molar-refractivity contribution in [3.05, 3.63) is 30.4 Å². The third kappa shape index (κ3) is 3.21. The molecule has 1 aliphatic rings. The molecule has 22 heavy (non-hydrogen) atoms. The maximum Gasteiger partial charge on any atom is 0.153 e. The number of rotatable bonds is 6. The van der Waals surface area contributed by atoms with Crippen LogP contribution in [0.5, 0.6) is 0 Å². The topological polar surface area (TPSA) is 57.8 Å². The molecular weight excluding hydrogens is 278 g/mol. The van der Waals surface area contributed by atoms with Gasteiger partial charge in [0.2, 0.25) is 0 Å². The first kappa shape index (κ1) is 15.2. The summed E-state index contributed by atoms with van der Waals surface area (Å²) >= 11 is 0. The summed E-state index contributed by atoms with van der Waals surface area (Å²) in [5.41, 5.74) is 0. The second kappa shape index (κ2) is 7.05. The zero-order valence-electron chi connectivity index (χ0n) is 13.5. The Bertz CT molecular complexity index is 571. The molecule has 1 fully saturated rings. The quantitative estimate of drug-likeness (QED) is 0.823. The van der Waals surface area contributed by atoms with Gasteiger partial charge in [-0.15, -0.1) is 0 Å². The highest BCUT2D eigenvalue weighted by molar-refractivity contribution is 5.03. The maximum atomic E-state index is 5.17. The van der Waals surface area contributed by atoms with E-state index in [4.69, 9.17) is 14.8 Å². The predicted molar refractivity (Wildman–Crippen MR) is 83.8 cm³/mol. The van der Waals surface area contributed by atoms with Crippen LogP contribution in [0.3, 0.4) is 0 Å². The van der Waals surface area contributed by atoms with Gasteiger partial charge in [-0.3, -0.25) is 0 Å². The summed E-state index contributed by atoms with van der Waals surface area (Å²) in [4.78, 5) is 8.95. The Morgan fingerprint density at radius 1 is 1.32 bits per heavy atom. The molecule has 2 aromatic heterocycles. The Balaban J connectivity index is 1.89. The molecule has 2 aromatic rings. The normalized spacial score (nSPS) is 17.7. The molecule has 1 aliphatic carbocycles. The van der Waals surface area contributed by atoms with Gasteiger partial charge in [0, 0.05) is 25.9 Å². The van der Waals surface area contributed by atoms with E-state index in [1.165, 1.54) is 32.1 Å². The van der Waals surface area contributed by atoms with Crippen molar-refractivity contribution in [3.8, 4) is 0 Å². The molecule has 0 saturated heterocycles. The van der Waals surface area contributed by atoms with Crippen LogP contribution in [-0.4, -0.2) is 38.0 Å². The molecule has 1 saturated carbocycles. The van der Waals surface area contributed by atoms with Gasteiger partial charge in [0.15, 0.2) is 5.82 Å². The van der Waals surface area contributed by atoms with Crippen LogP contribution in [0.25, 0.3) is 0 Å². The van der Waals surface area contributed by atoms with Gasteiger partial charge in [-0.1, -0.05) is 19.3 Å². The van der Waals surface area contributed by atoms with Crippen molar-refractivity contribution >= 4 is 0 Å². The van der Waals surface area contributed by atoms with Crippen LogP contribution in [-0.2, 0) is 11.2 Å². The molecule has 0 aromatic carbocycles. The first-order valence-electron chi connectivity index (χ1n) is 8.21. The lowest BCUT2D eigenvalue weighted by atomic mass is 9.95. The van der Waals surface area contributed by atoms with Crippen molar-refractivity contribution < 1.29 is 4.74 Å². The predicted octanol–water partition coefficient (Wildman–Crippen LogP) is 2.78. The monoisotopic (exact) mass is 303 g/mol. The van der Waals surface area contributed by atoms with E-state index in [-0.39, 0.29) is 6.04 Å². The lowest BCUT2D eigenvalue weighted by Crippen LogP contribution is -2.20.